The smallest absolute Gasteiger partial charge is 0.348 e. The van der Waals surface area contributed by atoms with Crippen LogP contribution in [-0.2, 0) is 13.6 Å². The minimum atomic E-state index is -0.236. The van der Waals surface area contributed by atoms with Crippen molar-refractivity contribution in [2.75, 3.05) is 11.9 Å². The zero-order valence-electron chi connectivity index (χ0n) is 12.7. The van der Waals surface area contributed by atoms with Gasteiger partial charge in [0.25, 0.3) is 0 Å². The number of nitrogens with zero attached hydrogens (tertiary/aromatic N) is 6. The second-order valence-corrected chi connectivity index (χ2v) is 5.16. The summed E-state index contributed by atoms with van der Waals surface area (Å²) in [5.74, 6) is 0.497. The maximum absolute atomic E-state index is 11.9. The molecule has 0 fully saturated rings. The van der Waals surface area contributed by atoms with Gasteiger partial charge in [-0.15, -0.1) is 0 Å². The molecule has 3 aromatic heterocycles. The van der Waals surface area contributed by atoms with Crippen molar-refractivity contribution in [3.8, 4) is 0 Å². The van der Waals surface area contributed by atoms with Crippen LogP contribution < -0.4 is 11.0 Å². The molecule has 1 N–H and O–H groups in total. The van der Waals surface area contributed by atoms with Gasteiger partial charge in [0.05, 0.1) is 12.5 Å². The molecule has 3 rings (SSSR count). The third-order valence-corrected chi connectivity index (χ3v) is 3.45. The normalized spacial score (nSPS) is 11.0. The summed E-state index contributed by atoms with van der Waals surface area (Å²) in [4.78, 5) is 28.6. The average Bonchev–Trinajstić information content (AvgIpc) is 2.83. The molecule has 0 radical (unpaired) electrons. The molecular formula is C14H17N7O. The first-order valence-corrected chi connectivity index (χ1v) is 6.97. The largest absolute Gasteiger partial charge is 0.352 e. The molecule has 0 amide bonds. The van der Waals surface area contributed by atoms with Crippen LogP contribution in [0.4, 0.5) is 5.95 Å². The summed E-state index contributed by atoms with van der Waals surface area (Å²) in [5, 5.41) is 3.10. The molecule has 8 heteroatoms. The fraction of sp³-hybridized carbons (Fsp3) is 0.357. The Morgan fingerprint density at radius 2 is 2.05 bits per heavy atom. The van der Waals surface area contributed by atoms with E-state index >= 15 is 0 Å². The van der Waals surface area contributed by atoms with Crippen molar-refractivity contribution in [2.24, 2.45) is 7.05 Å². The van der Waals surface area contributed by atoms with Crippen molar-refractivity contribution in [2.45, 2.75) is 20.4 Å². The highest BCUT2D eigenvalue weighted by Gasteiger charge is 2.05. The van der Waals surface area contributed by atoms with Crippen LogP contribution >= 0.6 is 0 Å². The Morgan fingerprint density at radius 1 is 1.23 bits per heavy atom. The molecule has 0 saturated carbocycles. The molecule has 0 aliphatic heterocycles. The fourth-order valence-electron chi connectivity index (χ4n) is 2.33. The second kappa shape index (κ2) is 5.55. The lowest BCUT2D eigenvalue weighted by molar-refractivity contribution is 0.646. The average molecular weight is 299 g/mol. The van der Waals surface area contributed by atoms with E-state index in [4.69, 9.17) is 0 Å². The molecule has 114 valence electrons. The molecule has 0 atom stereocenters. The fourth-order valence-corrected chi connectivity index (χ4v) is 2.33. The highest BCUT2D eigenvalue weighted by Crippen LogP contribution is 2.09. The molecular weight excluding hydrogens is 282 g/mol. The molecule has 0 saturated heterocycles. The van der Waals surface area contributed by atoms with E-state index in [1.165, 1.54) is 0 Å². The molecule has 22 heavy (non-hydrogen) atoms. The Labute approximate surface area is 126 Å². The van der Waals surface area contributed by atoms with Gasteiger partial charge >= 0.3 is 5.69 Å². The van der Waals surface area contributed by atoms with Gasteiger partial charge in [-0.25, -0.2) is 14.8 Å². The Hall–Kier alpha value is -2.77. The van der Waals surface area contributed by atoms with Crippen LogP contribution in [0.15, 0.2) is 23.4 Å². The van der Waals surface area contributed by atoms with Gasteiger partial charge in [0.2, 0.25) is 5.95 Å². The van der Waals surface area contributed by atoms with E-state index in [0.29, 0.717) is 24.7 Å². The number of aryl methyl sites for hydroxylation is 3. The van der Waals surface area contributed by atoms with E-state index in [0.717, 1.165) is 16.9 Å². The van der Waals surface area contributed by atoms with Gasteiger partial charge in [-0.3, -0.25) is 4.57 Å². The summed E-state index contributed by atoms with van der Waals surface area (Å²) in [6.07, 6.45) is 3.42. The lowest BCUT2D eigenvalue weighted by Gasteiger charge is -2.10. The first-order chi connectivity index (χ1) is 10.5. The monoisotopic (exact) mass is 299 g/mol. The summed E-state index contributed by atoms with van der Waals surface area (Å²) < 4.78 is 3.49. The SMILES string of the molecule is Cc1cc(C)n(CCNc2ncc3c(ncn3C)n2)c(=O)n1. The van der Waals surface area contributed by atoms with Crippen LogP contribution in [0.3, 0.4) is 0 Å². The predicted octanol–water partition coefficient (Wildman–Crippen LogP) is 0.649. The lowest BCUT2D eigenvalue weighted by Crippen LogP contribution is -2.28. The predicted molar refractivity (Wildman–Crippen MR) is 82.8 cm³/mol. The van der Waals surface area contributed by atoms with Crippen molar-refractivity contribution in [3.63, 3.8) is 0 Å². The standard InChI is InChI=1S/C14H17N7O/c1-9-6-10(2)21(14(22)18-9)5-4-15-13-16-7-11-12(19-13)17-8-20(11)3/h6-8H,4-5H2,1-3H3,(H,15,16,19). The Kier molecular flexibility index (Phi) is 3.58. The number of imidazole rings is 1. The van der Waals surface area contributed by atoms with Crippen molar-refractivity contribution in [1.82, 2.24) is 29.1 Å². The molecule has 0 aliphatic carbocycles. The zero-order valence-corrected chi connectivity index (χ0v) is 12.7. The Balaban J connectivity index is 1.71. The molecule has 3 aromatic rings. The molecule has 8 nitrogen and oxygen atoms in total. The molecule has 0 spiro atoms. The van der Waals surface area contributed by atoms with Crippen molar-refractivity contribution in [1.29, 1.82) is 0 Å². The number of rotatable bonds is 4. The maximum atomic E-state index is 11.9. The van der Waals surface area contributed by atoms with Gasteiger partial charge in [0.15, 0.2) is 5.65 Å². The van der Waals surface area contributed by atoms with E-state index in [2.05, 4.69) is 25.3 Å². The van der Waals surface area contributed by atoms with Crippen LogP contribution in [0.1, 0.15) is 11.4 Å². The number of nitrogens with one attached hydrogen (secondary N) is 1. The highest BCUT2D eigenvalue weighted by atomic mass is 16.1. The van der Waals surface area contributed by atoms with Crippen molar-refractivity contribution >= 4 is 17.1 Å². The van der Waals surface area contributed by atoms with E-state index in [-0.39, 0.29) is 5.69 Å². The summed E-state index contributed by atoms with van der Waals surface area (Å²) >= 11 is 0. The van der Waals surface area contributed by atoms with Crippen LogP contribution in [0.5, 0.6) is 0 Å². The minimum absolute atomic E-state index is 0.236. The number of hydrogen-bond donors (Lipinski definition) is 1. The lowest BCUT2D eigenvalue weighted by atomic mass is 10.3. The van der Waals surface area contributed by atoms with Crippen LogP contribution in [-0.4, -0.2) is 35.6 Å². The quantitative estimate of drug-likeness (QED) is 0.760. The van der Waals surface area contributed by atoms with Crippen LogP contribution in [0.25, 0.3) is 11.2 Å². The van der Waals surface area contributed by atoms with Crippen LogP contribution in [0.2, 0.25) is 0 Å². The van der Waals surface area contributed by atoms with Gasteiger partial charge in [-0.05, 0) is 19.9 Å². The van der Waals surface area contributed by atoms with E-state index in [9.17, 15) is 4.79 Å². The third kappa shape index (κ3) is 2.67. The third-order valence-electron chi connectivity index (χ3n) is 3.45. The zero-order chi connectivity index (χ0) is 15.7. The minimum Gasteiger partial charge on any atom is -0.352 e. The topological polar surface area (TPSA) is 90.5 Å². The van der Waals surface area contributed by atoms with Crippen LogP contribution in [0, 0.1) is 13.8 Å². The number of anilines is 1. The Morgan fingerprint density at radius 3 is 2.82 bits per heavy atom. The number of fused-ring (bicyclic) bond motifs is 1. The van der Waals surface area contributed by atoms with Crippen molar-refractivity contribution < 1.29 is 0 Å². The molecule has 0 aromatic carbocycles. The van der Waals surface area contributed by atoms with E-state index < -0.39 is 0 Å². The first-order valence-electron chi connectivity index (χ1n) is 6.97. The maximum Gasteiger partial charge on any atom is 0.348 e. The second-order valence-electron chi connectivity index (χ2n) is 5.16. The van der Waals surface area contributed by atoms with Gasteiger partial charge < -0.3 is 9.88 Å². The van der Waals surface area contributed by atoms with Gasteiger partial charge in [0.1, 0.15) is 5.52 Å². The van der Waals surface area contributed by atoms with Gasteiger partial charge in [0, 0.05) is 31.5 Å². The summed E-state index contributed by atoms with van der Waals surface area (Å²) in [6.45, 7) is 4.74. The van der Waals surface area contributed by atoms with Gasteiger partial charge in [-0.2, -0.15) is 9.97 Å². The van der Waals surface area contributed by atoms with Gasteiger partial charge in [-0.1, -0.05) is 0 Å². The summed E-state index contributed by atoms with van der Waals surface area (Å²) in [6, 6.07) is 1.89. The summed E-state index contributed by atoms with van der Waals surface area (Å²) in [7, 11) is 1.89. The van der Waals surface area contributed by atoms with E-state index in [1.54, 1.807) is 17.1 Å². The van der Waals surface area contributed by atoms with E-state index in [1.807, 2.05) is 31.5 Å². The summed E-state index contributed by atoms with van der Waals surface area (Å²) in [5.41, 5.74) is 2.90. The molecule has 0 bridgehead atoms. The highest BCUT2D eigenvalue weighted by molar-refractivity contribution is 5.70. The number of hydrogen-bond acceptors (Lipinski definition) is 6. The first kappa shape index (κ1) is 14.2. The Bertz CT molecular complexity index is 881. The molecule has 0 aliphatic rings. The van der Waals surface area contributed by atoms with Crippen molar-refractivity contribution in [3.05, 3.63) is 40.5 Å². The molecule has 3 heterocycles. The molecule has 0 unspecified atom stereocenters. The number of aromatic nitrogens is 6.